The van der Waals surface area contributed by atoms with Crippen LogP contribution in [0.25, 0.3) is 0 Å². The lowest BCUT2D eigenvalue weighted by Crippen LogP contribution is -2.43. The second-order valence-corrected chi connectivity index (χ2v) is 8.82. The zero-order chi connectivity index (χ0) is 22.6. The number of fused-ring (bicyclic) bond motifs is 2. The van der Waals surface area contributed by atoms with Crippen molar-refractivity contribution in [1.82, 2.24) is 24.5 Å². The molecule has 0 saturated carbocycles. The van der Waals surface area contributed by atoms with Crippen LogP contribution in [0.15, 0.2) is 36.7 Å². The first-order chi connectivity index (χ1) is 15.4. The molecule has 2 amide bonds. The van der Waals surface area contributed by atoms with Crippen LogP contribution in [0, 0.1) is 13.8 Å². The average molecular weight is 433 g/mol. The number of carbonyl (C=O) groups is 2. The molecule has 166 valence electrons. The molecule has 2 atom stereocenters. The summed E-state index contributed by atoms with van der Waals surface area (Å²) in [4.78, 5) is 28.9. The standard InChI is InChI=1S/C24H28N6O2/c1-5-18-15(2)27-30(16(18)3)14-21(31)29-11-10-24(22(29)17-12-25-28(4)13-17)19-8-6-7-9-20(19)26-23(24)32/h6-9,12-13,22H,5,10-11,14H2,1-4H3,(H,26,32)/t22-,24+/m0/s1. The molecule has 0 unspecified atom stereocenters. The summed E-state index contributed by atoms with van der Waals surface area (Å²) in [5.74, 6) is -0.0941. The maximum Gasteiger partial charge on any atom is 0.244 e. The highest BCUT2D eigenvalue weighted by molar-refractivity contribution is 6.07. The highest BCUT2D eigenvalue weighted by Crippen LogP contribution is 2.54. The Balaban J connectivity index is 1.56. The Kier molecular flexibility index (Phi) is 4.69. The molecule has 0 aliphatic carbocycles. The molecule has 2 aliphatic rings. The Labute approximate surface area is 187 Å². The van der Waals surface area contributed by atoms with Crippen molar-refractivity contribution >= 4 is 17.5 Å². The van der Waals surface area contributed by atoms with E-state index in [0.717, 1.165) is 34.6 Å². The molecular formula is C24H28N6O2. The quantitative estimate of drug-likeness (QED) is 0.687. The fourth-order valence-electron chi connectivity index (χ4n) is 5.62. The van der Waals surface area contributed by atoms with Gasteiger partial charge < -0.3 is 10.2 Å². The summed E-state index contributed by atoms with van der Waals surface area (Å²) < 4.78 is 3.52. The second-order valence-electron chi connectivity index (χ2n) is 8.82. The Morgan fingerprint density at radius 3 is 2.75 bits per heavy atom. The molecule has 8 nitrogen and oxygen atoms in total. The van der Waals surface area contributed by atoms with E-state index in [0.29, 0.717) is 13.0 Å². The van der Waals surface area contributed by atoms with Crippen LogP contribution in [0.2, 0.25) is 0 Å². The number of likely N-dealkylation sites (tertiary alicyclic amines) is 1. The van der Waals surface area contributed by atoms with Crippen LogP contribution in [0.4, 0.5) is 5.69 Å². The summed E-state index contributed by atoms with van der Waals surface area (Å²) in [5, 5.41) is 12.0. The lowest BCUT2D eigenvalue weighted by atomic mass is 9.73. The number of nitrogens with zero attached hydrogens (tertiary/aromatic N) is 5. The maximum atomic E-state index is 13.6. The van der Waals surface area contributed by atoms with Gasteiger partial charge in [-0.3, -0.25) is 19.0 Å². The molecule has 32 heavy (non-hydrogen) atoms. The molecule has 8 heteroatoms. The largest absolute Gasteiger partial charge is 0.332 e. The molecule has 2 aromatic heterocycles. The van der Waals surface area contributed by atoms with Gasteiger partial charge in [-0.05, 0) is 43.9 Å². The van der Waals surface area contributed by atoms with Gasteiger partial charge in [0, 0.05) is 36.7 Å². The van der Waals surface area contributed by atoms with Gasteiger partial charge in [0.25, 0.3) is 0 Å². The Hall–Kier alpha value is -3.42. The fourth-order valence-corrected chi connectivity index (χ4v) is 5.62. The molecule has 2 aliphatic heterocycles. The molecule has 3 aromatic rings. The van der Waals surface area contributed by atoms with Crippen molar-refractivity contribution in [1.29, 1.82) is 0 Å². The summed E-state index contributed by atoms with van der Waals surface area (Å²) in [6.45, 7) is 6.75. The highest BCUT2D eigenvalue weighted by Gasteiger charge is 2.59. The van der Waals surface area contributed by atoms with Gasteiger partial charge in [0.2, 0.25) is 11.8 Å². The number of aryl methyl sites for hydroxylation is 2. The van der Waals surface area contributed by atoms with E-state index in [-0.39, 0.29) is 18.4 Å². The normalized spacial score (nSPS) is 21.9. The minimum absolute atomic E-state index is 0.0406. The zero-order valence-corrected chi connectivity index (χ0v) is 18.9. The summed E-state index contributed by atoms with van der Waals surface area (Å²) in [6.07, 6.45) is 5.13. The first-order valence-corrected chi connectivity index (χ1v) is 11.1. The van der Waals surface area contributed by atoms with Crippen LogP contribution in [0.5, 0.6) is 0 Å². The summed E-state index contributed by atoms with van der Waals surface area (Å²) in [7, 11) is 1.85. The molecule has 1 fully saturated rings. The van der Waals surface area contributed by atoms with E-state index in [9.17, 15) is 9.59 Å². The second kappa shape index (κ2) is 7.32. The number of rotatable bonds is 4. The first kappa shape index (κ1) is 20.5. The number of amides is 2. The molecule has 1 saturated heterocycles. The molecule has 0 bridgehead atoms. The van der Waals surface area contributed by atoms with Crippen molar-refractivity contribution in [3.8, 4) is 0 Å². The van der Waals surface area contributed by atoms with Crippen LogP contribution in [-0.2, 0) is 35.0 Å². The number of nitrogens with one attached hydrogen (secondary N) is 1. The first-order valence-electron chi connectivity index (χ1n) is 11.1. The number of carbonyl (C=O) groups excluding carboxylic acids is 2. The number of hydrogen-bond acceptors (Lipinski definition) is 4. The third kappa shape index (κ3) is 2.82. The molecule has 1 spiro atoms. The number of para-hydroxylation sites is 1. The van der Waals surface area contributed by atoms with Gasteiger partial charge >= 0.3 is 0 Å². The number of hydrogen-bond donors (Lipinski definition) is 1. The van der Waals surface area contributed by atoms with Crippen molar-refractivity contribution < 1.29 is 9.59 Å². The van der Waals surface area contributed by atoms with Crippen molar-refractivity contribution in [3.05, 3.63) is 64.7 Å². The smallest absolute Gasteiger partial charge is 0.244 e. The van der Waals surface area contributed by atoms with Crippen LogP contribution >= 0.6 is 0 Å². The van der Waals surface area contributed by atoms with Gasteiger partial charge in [-0.25, -0.2) is 0 Å². The Morgan fingerprint density at radius 1 is 1.28 bits per heavy atom. The lowest BCUT2D eigenvalue weighted by molar-refractivity contribution is -0.134. The minimum atomic E-state index is -0.820. The van der Waals surface area contributed by atoms with Gasteiger partial charge in [-0.1, -0.05) is 25.1 Å². The lowest BCUT2D eigenvalue weighted by Gasteiger charge is -2.33. The molecule has 1 aromatic carbocycles. The van der Waals surface area contributed by atoms with Crippen LogP contribution in [0.3, 0.4) is 0 Å². The highest BCUT2D eigenvalue weighted by atomic mass is 16.2. The number of anilines is 1. The zero-order valence-electron chi connectivity index (χ0n) is 18.9. The van der Waals surface area contributed by atoms with Gasteiger partial charge in [-0.2, -0.15) is 10.2 Å². The summed E-state index contributed by atoms with van der Waals surface area (Å²) in [6, 6.07) is 7.38. The van der Waals surface area contributed by atoms with E-state index >= 15 is 0 Å². The van der Waals surface area contributed by atoms with E-state index in [4.69, 9.17) is 0 Å². The van der Waals surface area contributed by atoms with E-state index in [1.54, 1.807) is 15.6 Å². The number of aromatic nitrogens is 4. The summed E-state index contributed by atoms with van der Waals surface area (Å²) in [5.41, 5.74) is 4.99. The molecule has 5 rings (SSSR count). The van der Waals surface area contributed by atoms with Crippen LogP contribution < -0.4 is 5.32 Å². The molecule has 4 heterocycles. The van der Waals surface area contributed by atoms with Crippen molar-refractivity contribution in [2.24, 2.45) is 7.05 Å². The average Bonchev–Trinajstić information content (AvgIpc) is 3.49. The molecule has 0 radical (unpaired) electrons. The van der Waals surface area contributed by atoms with Crippen LogP contribution in [-0.4, -0.2) is 42.8 Å². The van der Waals surface area contributed by atoms with Crippen LogP contribution in [0.1, 0.15) is 47.5 Å². The van der Waals surface area contributed by atoms with Gasteiger partial charge in [-0.15, -0.1) is 0 Å². The van der Waals surface area contributed by atoms with E-state index in [1.807, 2.05) is 56.3 Å². The predicted molar refractivity (Wildman–Crippen MR) is 120 cm³/mol. The van der Waals surface area contributed by atoms with Crippen molar-refractivity contribution in [3.63, 3.8) is 0 Å². The molecule has 1 N–H and O–H groups in total. The molecular weight excluding hydrogens is 404 g/mol. The van der Waals surface area contributed by atoms with Gasteiger partial charge in [0.05, 0.1) is 17.9 Å². The SMILES string of the molecule is CCc1c(C)nn(CC(=O)N2CC[C@]3(C(=O)Nc4ccccc43)[C@@H]2c2cnn(C)c2)c1C. The Morgan fingerprint density at radius 2 is 2.06 bits per heavy atom. The van der Waals surface area contributed by atoms with E-state index in [1.165, 1.54) is 5.56 Å². The summed E-state index contributed by atoms with van der Waals surface area (Å²) >= 11 is 0. The van der Waals surface area contributed by atoms with Gasteiger partial charge in [0.1, 0.15) is 12.0 Å². The van der Waals surface area contributed by atoms with Gasteiger partial charge in [0.15, 0.2) is 0 Å². The number of benzene rings is 1. The third-order valence-corrected chi connectivity index (χ3v) is 7.12. The topological polar surface area (TPSA) is 85.1 Å². The Bertz CT molecular complexity index is 1230. The van der Waals surface area contributed by atoms with E-state index in [2.05, 4.69) is 22.4 Å². The minimum Gasteiger partial charge on any atom is -0.332 e. The predicted octanol–water partition coefficient (Wildman–Crippen LogP) is 2.66. The monoisotopic (exact) mass is 432 g/mol. The van der Waals surface area contributed by atoms with Crippen molar-refractivity contribution in [2.45, 2.75) is 51.6 Å². The van der Waals surface area contributed by atoms with E-state index < -0.39 is 11.5 Å². The van der Waals surface area contributed by atoms with Crippen molar-refractivity contribution in [2.75, 3.05) is 11.9 Å². The third-order valence-electron chi connectivity index (χ3n) is 7.12. The fraction of sp³-hybridized carbons (Fsp3) is 0.417. The maximum absolute atomic E-state index is 13.6.